The smallest absolute Gasteiger partial charge is 0.234 e. The number of aryl methyl sites for hydroxylation is 2. The molecule has 3 rings (SSSR count). The Morgan fingerprint density at radius 2 is 2.30 bits per heavy atom. The molecule has 1 aromatic heterocycles. The second-order valence-electron chi connectivity index (χ2n) is 5.58. The number of amides is 1. The molecule has 0 spiro atoms. The Morgan fingerprint density at radius 1 is 1.48 bits per heavy atom. The number of benzene rings is 1. The molecule has 122 valence electrons. The van der Waals surface area contributed by atoms with Crippen LogP contribution < -0.4 is 4.74 Å². The fourth-order valence-electron chi connectivity index (χ4n) is 2.76. The van der Waals surface area contributed by atoms with E-state index in [0.29, 0.717) is 12.3 Å². The quantitative estimate of drug-likeness (QED) is 0.915. The van der Waals surface area contributed by atoms with E-state index in [-0.39, 0.29) is 11.3 Å². The fraction of sp³-hybridized carbons (Fsp3) is 0.412. The summed E-state index contributed by atoms with van der Waals surface area (Å²) in [4.78, 5) is 22.2. The lowest BCUT2D eigenvalue weighted by Crippen LogP contribution is -2.28. The van der Waals surface area contributed by atoms with Gasteiger partial charge in [0.15, 0.2) is 0 Å². The van der Waals surface area contributed by atoms with Gasteiger partial charge in [-0.15, -0.1) is 11.8 Å². The summed E-state index contributed by atoms with van der Waals surface area (Å²) < 4.78 is 5.27. The van der Waals surface area contributed by atoms with Crippen molar-refractivity contribution in [3.8, 4) is 5.75 Å². The Morgan fingerprint density at radius 3 is 3.00 bits per heavy atom. The molecule has 1 aliphatic rings. The number of thioether (sulfide) groups is 1. The van der Waals surface area contributed by atoms with E-state index >= 15 is 0 Å². The summed E-state index contributed by atoms with van der Waals surface area (Å²) in [5.41, 5.74) is 3.08. The maximum Gasteiger partial charge on any atom is 0.234 e. The van der Waals surface area contributed by atoms with Crippen LogP contribution in [0.4, 0.5) is 0 Å². The highest BCUT2D eigenvalue weighted by atomic mass is 32.2. The van der Waals surface area contributed by atoms with Gasteiger partial charge in [-0.25, -0.2) is 4.98 Å². The van der Waals surface area contributed by atoms with Crippen LogP contribution in [0.25, 0.3) is 0 Å². The summed E-state index contributed by atoms with van der Waals surface area (Å²) in [7, 11) is 1.65. The van der Waals surface area contributed by atoms with Gasteiger partial charge in [-0.1, -0.05) is 19.1 Å². The highest BCUT2D eigenvalue weighted by Gasteiger charge is 2.35. The number of nitrogens with one attached hydrogen (secondary N) is 1. The predicted octanol–water partition coefficient (Wildman–Crippen LogP) is 3.06. The molecular weight excluding hydrogens is 310 g/mol. The summed E-state index contributed by atoms with van der Waals surface area (Å²) in [6.07, 6.45) is 0.863. The van der Waals surface area contributed by atoms with Crippen LogP contribution >= 0.6 is 11.8 Å². The number of aromatic nitrogens is 2. The van der Waals surface area contributed by atoms with Crippen molar-refractivity contribution < 1.29 is 9.53 Å². The molecule has 2 aromatic rings. The van der Waals surface area contributed by atoms with Gasteiger partial charge in [-0.2, -0.15) is 0 Å². The monoisotopic (exact) mass is 331 g/mol. The zero-order valence-electron chi connectivity index (χ0n) is 13.6. The van der Waals surface area contributed by atoms with Gasteiger partial charge in [0.2, 0.25) is 5.91 Å². The Labute approximate surface area is 140 Å². The Bertz CT molecular complexity index is 714. The van der Waals surface area contributed by atoms with Crippen molar-refractivity contribution in [1.82, 2.24) is 14.9 Å². The van der Waals surface area contributed by atoms with Crippen molar-refractivity contribution in [3.05, 3.63) is 47.0 Å². The molecular formula is C17H21N3O2S. The first-order valence-corrected chi connectivity index (χ1v) is 8.76. The molecule has 1 atom stereocenters. The molecule has 0 aliphatic carbocycles. The minimum Gasteiger partial charge on any atom is -0.497 e. The van der Waals surface area contributed by atoms with Gasteiger partial charge >= 0.3 is 0 Å². The number of imidazole rings is 1. The molecule has 23 heavy (non-hydrogen) atoms. The molecule has 0 radical (unpaired) electrons. The van der Waals surface area contributed by atoms with Crippen LogP contribution in [0.2, 0.25) is 0 Å². The molecule has 0 bridgehead atoms. The lowest BCUT2D eigenvalue weighted by atomic mass is 10.2. The normalized spacial score (nSPS) is 17.8. The van der Waals surface area contributed by atoms with Gasteiger partial charge < -0.3 is 14.6 Å². The van der Waals surface area contributed by atoms with Gasteiger partial charge in [0, 0.05) is 18.7 Å². The number of carbonyl (C=O) groups excluding carboxylic acids is 1. The third-order valence-corrected chi connectivity index (χ3v) is 5.20. The number of carbonyl (C=O) groups is 1. The van der Waals surface area contributed by atoms with E-state index < -0.39 is 0 Å². The summed E-state index contributed by atoms with van der Waals surface area (Å²) in [6, 6.07) is 7.85. The zero-order chi connectivity index (χ0) is 16.4. The molecule has 1 unspecified atom stereocenters. The first kappa shape index (κ1) is 15.9. The van der Waals surface area contributed by atoms with Crippen LogP contribution in [-0.4, -0.2) is 33.6 Å². The number of rotatable bonds is 5. The van der Waals surface area contributed by atoms with Gasteiger partial charge in [0.1, 0.15) is 16.9 Å². The van der Waals surface area contributed by atoms with Gasteiger partial charge in [0.05, 0.1) is 18.6 Å². The third kappa shape index (κ3) is 3.22. The first-order chi connectivity index (χ1) is 11.1. The first-order valence-electron chi connectivity index (χ1n) is 7.71. The number of hydrogen-bond acceptors (Lipinski definition) is 4. The van der Waals surface area contributed by atoms with Crippen molar-refractivity contribution in [2.24, 2.45) is 0 Å². The largest absolute Gasteiger partial charge is 0.497 e. The Balaban J connectivity index is 1.86. The summed E-state index contributed by atoms with van der Waals surface area (Å²) in [5, 5.41) is -0.0229. The SMILES string of the molecule is CCc1nc(C2SCC(=O)N2Cc2cccc(OC)c2)c(C)[nH]1. The summed E-state index contributed by atoms with van der Waals surface area (Å²) in [6.45, 7) is 4.67. The molecule has 2 heterocycles. The number of hydrogen-bond donors (Lipinski definition) is 1. The van der Waals surface area contributed by atoms with Crippen LogP contribution in [0.5, 0.6) is 5.75 Å². The van der Waals surface area contributed by atoms with E-state index in [2.05, 4.69) is 16.9 Å². The minimum atomic E-state index is -0.0229. The van der Waals surface area contributed by atoms with E-state index in [0.717, 1.165) is 34.9 Å². The lowest BCUT2D eigenvalue weighted by Gasteiger charge is -2.23. The van der Waals surface area contributed by atoms with Crippen molar-refractivity contribution in [3.63, 3.8) is 0 Å². The average Bonchev–Trinajstić information content (AvgIpc) is 3.11. The number of H-pyrrole nitrogens is 1. The van der Waals surface area contributed by atoms with Gasteiger partial charge in [-0.05, 0) is 24.6 Å². The molecule has 1 aliphatic heterocycles. The van der Waals surface area contributed by atoms with Gasteiger partial charge in [-0.3, -0.25) is 4.79 Å². The fourth-order valence-corrected chi connectivity index (χ4v) is 3.99. The van der Waals surface area contributed by atoms with Crippen LogP contribution in [0.1, 0.15) is 35.1 Å². The molecule has 1 aromatic carbocycles. The van der Waals surface area contributed by atoms with E-state index in [9.17, 15) is 4.79 Å². The summed E-state index contributed by atoms with van der Waals surface area (Å²) in [5.74, 6) is 2.44. The number of nitrogens with zero attached hydrogens (tertiary/aromatic N) is 2. The Hall–Kier alpha value is -1.95. The second kappa shape index (κ2) is 6.66. The topological polar surface area (TPSA) is 58.2 Å². The number of aromatic amines is 1. The van der Waals surface area contributed by atoms with E-state index in [1.165, 1.54) is 0 Å². The average molecular weight is 331 g/mol. The number of ether oxygens (including phenoxy) is 1. The van der Waals surface area contributed by atoms with E-state index in [4.69, 9.17) is 4.74 Å². The van der Waals surface area contributed by atoms with Gasteiger partial charge in [0.25, 0.3) is 0 Å². The maximum atomic E-state index is 12.3. The molecule has 0 saturated carbocycles. The van der Waals surface area contributed by atoms with Crippen LogP contribution in [-0.2, 0) is 17.8 Å². The van der Waals surface area contributed by atoms with Crippen molar-refractivity contribution >= 4 is 17.7 Å². The van der Waals surface area contributed by atoms with Crippen molar-refractivity contribution in [1.29, 1.82) is 0 Å². The highest BCUT2D eigenvalue weighted by Crippen LogP contribution is 2.40. The zero-order valence-corrected chi connectivity index (χ0v) is 14.4. The minimum absolute atomic E-state index is 0.0229. The summed E-state index contributed by atoms with van der Waals surface area (Å²) >= 11 is 1.64. The van der Waals surface area contributed by atoms with Crippen molar-refractivity contribution in [2.75, 3.05) is 12.9 Å². The molecule has 1 N–H and O–H groups in total. The van der Waals surface area contributed by atoms with Crippen LogP contribution in [0.3, 0.4) is 0 Å². The lowest BCUT2D eigenvalue weighted by molar-refractivity contribution is -0.128. The molecule has 5 nitrogen and oxygen atoms in total. The Kier molecular flexibility index (Phi) is 4.61. The second-order valence-corrected chi connectivity index (χ2v) is 6.65. The third-order valence-electron chi connectivity index (χ3n) is 4.00. The van der Waals surface area contributed by atoms with E-state index in [1.54, 1.807) is 18.9 Å². The number of methoxy groups -OCH3 is 1. The standard InChI is InChI=1S/C17H21N3O2S/c1-4-14-18-11(2)16(19-14)17-20(15(21)10-23-17)9-12-6-5-7-13(8-12)22-3/h5-8,17H,4,9-10H2,1-3H3,(H,18,19). The van der Waals surface area contributed by atoms with Crippen LogP contribution in [0.15, 0.2) is 24.3 Å². The van der Waals surface area contributed by atoms with Crippen molar-refractivity contribution in [2.45, 2.75) is 32.2 Å². The maximum absolute atomic E-state index is 12.3. The molecule has 1 saturated heterocycles. The van der Waals surface area contributed by atoms with E-state index in [1.807, 2.05) is 36.1 Å². The predicted molar refractivity (Wildman–Crippen MR) is 91.4 cm³/mol. The van der Waals surface area contributed by atoms with Crippen LogP contribution in [0, 0.1) is 6.92 Å². The molecule has 6 heteroatoms. The molecule has 1 fully saturated rings. The molecule has 1 amide bonds. The highest BCUT2D eigenvalue weighted by molar-refractivity contribution is 8.00.